The van der Waals surface area contributed by atoms with E-state index in [1.54, 1.807) is 4.90 Å². The Morgan fingerprint density at radius 1 is 1.40 bits per heavy atom. The van der Waals surface area contributed by atoms with Crippen molar-refractivity contribution in [2.45, 2.75) is 32.4 Å². The van der Waals surface area contributed by atoms with E-state index in [2.05, 4.69) is 20.9 Å². The zero-order chi connectivity index (χ0) is 7.72. The molecule has 2 nitrogen and oxygen atoms in total. The third kappa shape index (κ3) is 1.32. The third-order valence-corrected chi connectivity index (χ3v) is 3.01. The smallest absolute Gasteiger partial charge is 0.0894 e. The summed E-state index contributed by atoms with van der Waals surface area (Å²) in [5, 5.41) is 9.45. The van der Waals surface area contributed by atoms with Crippen molar-refractivity contribution in [3.05, 3.63) is 0 Å². The molecule has 1 heterocycles. The molecule has 2 heteroatoms. The van der Waals surface area contributed by atoms with Crippen LogP contribution in [0.3, 0.4) is 0 Å². The lowest BCUT2D eigenvalue weighted by molar-refractivity contribution is -0.914. The number of quaternary nitrogens is 1. The molecule has 4 atom stereocenters. The minimum Gasteiger partial charge on any atom is -0.392 e. The van der Waals surface area contributed by atoms with Crippen LogP contribution in [0, 0.1) is 5.92 Å². The number of rotatable bonds is 0. The van der Waals surface area contributed by atoms with Gasteiger partial charge in [0.1, 0.15) is 0 Å². The van der Waals surface area contributed by atoms with Crippen molar-refractivity contribution in [1.29, 1.82) is 0 Å². The first kappa shape index (κ1) is 8.02. The van der Waals surface area contributed by atoms with E-state index in [0.717, 1.165) is 13.0 Å². The summed E-state index contributed by atoms with van der Waals surface area (Å²) in [5.41, 5.74) is 0. The van der Waals surface area contributed by atoms with Gasteiger partial charge in [-0.3, -0.25) is 0 Å². The summed E-state index contributed by atoms with van der Waals surface area (Å²) in [6.45, 7) is 5.47. The first-order valence-corrected chi connectivity index (χ1v) is 4.13. The molecule has 0 amide bonds. The summed E-state index contributed by atoms with van der Waals surface area (Å²) in [6.07, 6.45) is 0.913. The van der Waals surface area contributed by atoms with Gasteiger partial charge in [-0.25, -0.2) is 0 Å². The lowest BCUT2D eigenvalue weighted by Crippen LogP contribution is -3.14. The molecule has 1 aliphatic rings. The monoisotopic (exact) mass is 144 g/mol. The van der Waals surface area contributed by atoms with Gasteiger partial charge in [-0.1, -0.05) is 6.92 Å². The molecule has 0 aromatic carbocycles. The Labute approximate surface area is 62.8 Å². The molecule has 1 rings (SSSR count). The third-order valence-electron chi connectivity index (χ3n) is 3.01. The van der Waals surface area contributed by atoms with Crippen LogP contribution in [0.4, 0.5) is 0 Å². The van der Waals surface area contributed by atoms with Crippen LogP contribution in [-0.2, 0) is 0 Å². The van der Waals surface area contributed by atoms with Gasteiger partial charge in [-0.05, 0) is 6.92 Å². The second-order valence-corrected chi connectivity index (χ2v) is 3.60. The second-order valence-electron chi connectivity index (χ2n) is 3.60. The van der Waals surface area contributed by atoms with E-state index in [-0.39, 0.29) is 6.10 Å². The number of likely N-dealkylation sites (tertiary alicyclic amines) is 1. The highest BCUT2D eigenvalue weighted by Gasteiger charge is 2.31. The van der Waals surface area contributed by atoms with Gasteiger partial charge < -0.3 is 10.0 Å². The van der Waals surface area contributed by atoms with E-state index in [1.165, 1.54) is 0 Å². The SMILES string of the molecule is C[C@H]1[C@@H](O)CC[NH+](C)[C@H]1C. The Kier molecular flexibility index (Phi) is 2.32. The predicted octanol–water partition coefficient (Wildman–Crippen LogP) is -0.710. The molecule has 1 saturated heterocycles. The van der Waals surface area contributed by atoms with Gasteiger partial charge in [0.05, 0.1) is 25.7 Å². The Morgan fingerprint density at radius 2 is 2.00 bits per heavy atom. The first-order valence-electron chi connectivity index (χ1n) is 4.13. The zero-order valence-corrected chi connectivity index (χ0v) is 7.09. The van der Waals surface area contributed by atoms with Gasteiger partial charge in [0.15, 0.2) is 0 Å². The molecule has 1 fully saturated rings. The molecular weight excluding hydrogens is 126 g/mol. The van der Waals surface area contributed by atoms with Gasteiger partial charge in [0.2, 0.25) is 0 Å². The maximum atomic E-state index is 9.45. The second kappa shape index (κ2) is 2.89. The lowest BCUT2D eigenvalue weighted by Gasteiger charge is -2.35. The number of aliphatic hydroxyl groups is 1. The van der Waals surface area contributed by atoms with E-state index >= 15 is 0 Å². The highest BCUT2D eigenvalue weighted by Crippen LogP contribution is 2.12. The topological polar surface area (TPSA) is 24.7 Å². The molecule has 1 unspecified atom stereocenters. The largest absolute Gasteiger partial charge is 0.392 e. The molecular formula is C8H18NO+. The van der Waals surface area contributed by atoms with Crippen LogP contribution in [0.5, 0.6) is 0 Å². The maximum Gasteiger partial charge on any atom is 0.0894 e. The predicted molar refractivity (Wildman–Crippen MR) is 41.0 cm³/mol. The van der Waals surface area contributed by atoms with Gasteiger partial charge in [-0.2, -0.15) is 0 Å². The number of hydrogen-bond acceptors (Lipinski definition) is 1. The van der Waals surface area contributed by atoms with E-state index < -0.39 is 0 Å². The summed E-state index contributed by atoms with van der Waals surface area (Å²) >= 11 is 0. The van der Waals surface area contributed by atoms with Crippen molar-refractivity contribution < 1.29 is 10.0 Å². The summed E-state index contributed by atoms with van der Waals surface area (Å²) in [4.78, 5) is 1.55. The van der Waals surface area contributed by atoms with Gasteiger partial charge in [0, 0.05) is 12.3 Å². The highest BCUT2D eigenvalue weighted by molar-refractivity contribution is 4.72. The van der Waals surface area contributed by atoms with E-state index in [1.807, 2.05) is 0 Å². The van der Waals surface area contributed by atoms with Gasteiger partial charge in [0.25, 0.3) is 0 Å². The van der Waals surface area contributed by atoms with Crippen molar-refractivity contribution >= 4 is 0 Å². The Balaban J connectivity index is 2.52. The van der Waals surface area contributed by atoms with Crippen LogP contribution in [0.15, 0.2) is 0 Å². The fourth-order valence-electron chi connectivity index (χ4n) is 1.65. The van der Waals surface area contributed by atoms with E-state index in [4.69, 9.17) is 0 Å². The van der Waals surface area contributed by atoms with Crippen LogP contribution in [-0.4, -0.2) is 30.8 Å². The van der Waals surface area contributed by atoms with Gasteiger partial charge in [-0.15, -0.1) is 0 Å². The van der Waals surface area contributed by atoms with E-state index in [9.17, 15) is 5.11 Å². The first-order chi connectivity index (χ1) is 4.63. The summed E-state index contributed by atoms with van der Waals surface area (Å²) < 4.78 is 0. The molecule has 0 aromatic rings. The van der Waals surface area contributed by atoms with Crippen molar-refractivity contribution in [3.63, 3.8) is 0 Å². The molecule has 10 heavy (non-hydrogen) atoms. The lowest BCUT2D eigenvalue weighted by atomic mass is 9.90. The Morgan fingerprint density at radius 3 is 2.50 bits per heavy atom. The Hall–Kier alpha value is -0.0800. The van der Waals surface area contributed by atoms with Crippen molar-refractivity contribution in [2.24, 2.45) is 5.92 Å². The summed E-state index contributed by atoms with van der Waals surface area (Å²) in [7, 11) is 2.20. The average molecular weight is 144 g/mol. The molecule has 0 bridgehead atoms. The van der Waals surface area contributed by atoms with Crippen molar-refractivity contribution in [2.75, 3.05) is 13.6 Å². The molecule has 0 radical (unpaired) electrons. The summed E-state index contributed by atoms with van der Waals surface area (Å²) in [5.74, 6) is 0.466. The van der Waals surface area contributed by atoms with Gasteiger partial charge >= 0.3 is 0 Å². The molecule has 60 valence electrons. The van der Waals surface area contributed by atoms with Crippen LogP contribution in [0.2, 0.25) is 0 Å². The van der Waals surface area contributed by atoms with Crippen LogP contribution < -0.4 is 4.90 Å². The van der Waals surface area contributed by atoms with Crippen LogP contribution >= 0.6 is 0 Å². The number of nitrogens with one attached hydrogen (secondary N) is 1. The highest BCUT2D eigenvalue weighted by atomic mass is 16.3. The number of aliphatic hydroxyl groups excluding tert-OH is 1. The number of hydrogen-bond donors (Lipinski definition) is 2. The average Bonchev–Trinajstić information content (AvgIpc) is 1.93. The molecule has 0 saturated carbocycles. The van der Waals surface area contributed by atoms with Crippen molar-refractivity contribution in [1.82, 2.24) is 0 Å². The minimum absolute atomic E-state index is 0.0568. The summed E-state index contributed by atoms with van der Waals surface area (Å²) in [6, 6.07) is 0.615. The zero-order valence-electron chi connectivity index (χ0n) is 7.09. The minimum atomic E-state index is -0.0568. The van der Waals surface area contributed by atoms with E-state index in [0.29, 0.717) is 12.0 Å². The maximum absolute atomic E-state index is 9.45. The quantitative estimate of drug-likeness (QED) is 0.461. The molecule has 0 spiro atoms. The Bertz CT molecular complexity index is 102. The molecule has 1 aliphatic heterocycles. The normalized spacial score (nSPS) is 49.2. The number of piperidine rings is 1. The van der Waals surface area contributed by atoms with Crippen molar-refractivity contribution in [3.8, 4) is 0 Å². The fourth-order valence-corrected chi connectivity index (χ4v) is 1.65. The van der Waals surface area contributed by atoms with Crippen LogP contribution in [0.1, 0.15) is 20.3 Å². The molecule has 0 aliphatic carbocycles. The molecule has 0 aromatic heterocycles. The molecule has 2 N–H and O–H groups in total. The standard InChI is InChI=1S/C8H17NO/c1-6-7(2)9(3)5-4-8(6)10/h6-8,10H,4-5H2,1-3H3/p+1/t6-,7+,8+/m1/s1. The van der Waals surface area contributed by atoms with Crippen LogP contribution in [0.25, 0.3) is 0 Å². The fraction of sp³-hybridized carbons (Fsp3) is 1.00.